The minimum absolute atomic E-state index is 0.0330. The van der Waals surface area contributed by atoms with E-state index in [1.807, 2.05) is 42.5 Å². The average molecular weight is 400 g/mol. The summed E-state index contributed by atoms with van der Waals surface area (Å²) < 4.78 is 6.89. The molecule has 0 spiro atoms. The number of ketones is 1. The smallest absolute Gasteiger partial charge is 0.212 e. The van der Waals surface area contributed by atoms with Gasteiger partial charge in [-0.1, -0.05) is 45.0 Å². The number of aromatic nitrogens is 4. The van der Waals surface area contributed by atoms with Gasteiger partial charge in [0.1, 0.15) is 0 Å². The molecule has 0 aliphatic carbocycles. The second-order valence-electron chi connectivity index (χ2n) is 8.25. The third-order valence-corrected chi connectivity index (χ3v) is 5.07. The fourth-order valence-corrected chi connectivity index (χ4v) is 3.34. The number of benzene rings is 1. The van der Waals surface area contributed by atoms with Gasteiger partial charge in [-0.05, 0) is 23.1 Å². The van der Waals surface area contributed by atoms with Crippen LogP contribution in [0.25, 0.3) is 16.9 Å². The molecule has 0 fully saturated rings. The summed E-state index contributed by atoms with van der Waals surface area (Å²) in [6.07, 6.45) is 3.64. The Labute approximate surface area is 175 Å². The number of Topliss-reactive ketones (excluding diaryl/α,β-unsaturated/α-hetero) is 1. The van der Waals surface area contributed by atoms with Crippen molar-refractivity contribution in [2.75, 3.05) is 7.11 Å². The summed E-state index contributed by atoms with van der Waals surface area (Å²) in [7, 11) is 1.58. The molecule has 0 saturated heterocycles. The summed E-state index contributed by atoms with van der Waals surface area (Å²) in [5, 5.41) is 4.36. The lowest BCUT2D eigenvalue weighted by Gasteiger charge is -2.19. The van der Waals surface area contributed by atoms with E-state index in [2.05, 4.69) is 35.8 Å². The van der Waals surface area contributed by atoms with Gasteiger partial charge in [0, 0.05) is 29.5 Å². The van der Waals surface area contributed by atoms with Gasteiger partial charge in [0.15, 0.2) is 11.4 Å². The predicted octanol–water partition coefficient (Wildman–Crippen LogP) is 4.52. The first-order chi connectivity index (χ1) is 14.3. The summed E-state index contributed by atoms with van der Waals surface area (Å²) in [6, 6.07) is 15.3. The van der Waals surface area contributed by atoms with E-state index in [4.69, 9.17) is 4.74 Å². The zero-order valence-electron chi connectivity index (χ0n) is 17.6. The number of rotatable bonds is 5. The van der Waals surface area contributed by atoms with Gasteiger partial charge < -0.3 is 4.74 Å². The molecule has 0 bridgehead atoms. The largest absolute Gasteiger partial charge is 0.481 e. The number of carbonyl (C=O) groups is 1. The molecule has 6 nitrogen and oxygen atoms in total. The van der Waals surface area contributed by atoms with Crippen LogP contribution in [0.4, 0.5) is 0 Å². The SMILES string of the molecule is COc1ccc(-c2cc(CC(=O)c3ccc(C(C)(C)C)cc3)nc3ccnn23)cn1. The molecule has 0 aliphatic heterocycles. The third-order valence-electron chi connectivity index (χ3n) is 5.07. The molecule has 0 saturated carbocycles. The molecule has 0 unspecified atom stereocenters. The van der Waals surface area contributed by atoms with Crippen LogP contribution in [-0.2, 0) is 11.8 Å². The molecule has 0 radical (unpaired) electrons. The molecule has 3 heterocycles. The van der Waals surface area contributed by atoms with E-state index in [1.165, 1.54) is 5.56 Å². The standard InChI is InChI=1S/C24H24N4O2/c1-24(2,3)18-8-5-16(6-9-18)21(29)14-19-13-20(28-22(27-19)11-12-26-28)17-7-10-23(30-4)25-15-17/h5-13,15H,14H2,1-4H3. The Morgan fingerprint density at radius 2 is 1.83 bits per heavy atom. The number of fused-ring (bicyclic) bond motifs is 1. The van der Waals surface area contributed by atoms with Crippen molar-refractivity contribution in [1.29, 1.82) is 0 Å². The molecule has 152 valence electrons. The topological polar surface area (TPSA) is 69.4 Å². The van der Waals surface area contributed by atoms with Crippen molar-refractivity contribution in [3.05, 3.63) is 77.7 Å². The highest BCUT2D eigenvalue weighted by molar-refractivity contribution is 5.97. The number of ether oxygens (including phenoxy) is 1. The molecule has 0 aliphatic rings. The second kappa shape index (κ2) is 7.71. The molecule has 6 heteroatoms. The van der Waals surface area contributed by atoms with Crippen LogP contribution in [0.3, 0.4) is 0 Å². The quantitative estimate of drug-likeness (QED) is 0.461. The van der Waals surface area contributed by atoms with Crippen LogP contribution >= 0.6 is 0 Å². The summed E-state index contributed by atoms with van der Waals surface area (Å²) in [5.74, 6) is 0.573. The first kappa shape index (κ1) is 19.8. The van der Waals surface area contributed by atoms with Gasteiger partial charge in [-0.25, -0.2) is 14.5 Å². The molecule has 30 heavy (non-hydrogen) atoms. The van der Waals surface area contributed by atoms with Crippen molar-refractivity contribution >= 4 is 11.4 Å². The Morgan fingerprint density at radius 3 is 2.47 bits per heavy atom. The Hall–Kier alpha value is -3.54. The molecular weight excluding hydrogens is 376 g/mol. The number of carbonyl (C=O) groups excluding carboxylic acids is 1. The van der Waals surface area contributed by atoms with Gasteiger partial charge in [0.2, 0.25) is 5.88 Å². The molecule has 4 aromatic rings. The lowest BCUT2D eigenvalue weighted by molar-refractivity contribution is 0.0992. The Balaban J connectivity index is 1.65. The van der Waals surface area contributed by atoms with E-state index in [1.54, 1.807) is 30.1 Å². The molecule has 0 amide bonds. The van der Waals surface area contributed by atoms with Crippen molar-refractivity contribution in [3.63, 3.8) is 0 Å². The summed E-state index contributed by atoms with van der Waals surface area (Å²) >= 11 is 0. The van der Waals surface area contributed by atoms with E-state index < -0.39 is 0 Å². The number of nitrogens with zero attached hydrogens (tertiary/aromatic N) is 4. The van der Waals surface area contributed by atoms with Gasteiger partial charge in [-0.2, -0.15) is 5.10 Å². The second-order valence-corrected chi connectivity index (χ2v) is 8.25. The number of hydrogen-bond donors (Lipinski definition) is 0. The average Bonchev–Trinajstić information content (AvgIpc) is 3.21. The minimum Gasteiger partial charge on any atom is -0.481 e. The molecule has 3 aromatic heterocycles. The Bertz CT molecular complexity index is 1190. The third kappa shape index (κ3) is 3.94. The van der Waals surface area contributed by atoms with Gasteiger partial charge in [0.25, 0.3) is 0 Å². The zero-order valence-corrected chi connectivity index (χ0v) is 17.6. The molecule has 4 rings (SSSR count). The molecular formula is C24H24N4O2. The van der Waals surface area contributed by atoms with E-state index >= 15 is 0 Å². The maximum absolute atomic E-state index is 12.9. The highest BCUT2D eigenvalue weighted by Crippen LogP contribution is 2.24. The fraction of sp³-hybridized carbons (Fsp3) is 0.250. The van der Waals surface area contributed by atoms with Crippen LogP contribution in [0.1, 0.15) is 42.4 Å². The van der Waals surface area contributed by atoms with Crippen LogP contribution in [0.5, 0.6) is 5.88 Å². The fourth-order valence-electron chi connectivity index (χ4n) is 3.34. The number of hydrogen-bond acceptors (Lipinski definition) is 5. The van der Waals surface area contributed by atoms with Gasteiger partial charge in [-0.15, -0.1) is 0 Å². The lowest BCUT2D eigenvalue weighted by atomic mass is 9.86. The summed E-state index contributed by atoms with van der Waals surface area (Å²) in [4.78, 5) is 21.8. The zero-order chi connectivity index (χ0) is 21.3. The van der Waals surface area contributed by atoms with Crippen LogP contribution in [-0.4, -0.2) is 32.5 Å². The van der Waals surface area contributed by atoms with Crippen molar-refractivity contribution < 1.29 is 9.53 Å². The van der Waals surface area contributed by atoms with Crippen molar-refractivity contribution in [2.45, 2.75) is 32.6 Å². The minimum atomic E-state index is 0.0330. The highest BCUT2D eigenvalue weighted by Gasteiger charge is 2.16. The van der Waals surface area contributed by atoms with Gasteiger partial charge >= 0.3 is 0 Å². The monoisotopic (exact) mass is 400 g/mol. The lowest BCUT2D eigenvalue weighted by Crippen LogP contribution is -2.12. The van der Waals surface area contributed by atoms with Gasteiger partial charge in [0.05, 0.1) is 31.1 Å². The van der Waals surface area contributed by atoms with Crippen LogP contribution in [0.2, 0.25) is 0 Å². The predicted molar refractivity (Wildman–Crippen MR) is 116 cm³/mol. The molecule has 1 aromatic carbocycles. The van der Waals surface area contributed by atoms with Crippen molar-refractivity contribution in [2.24, 2.45) is 0 Å². The van der Waals surface area contributed by atoms with E-state index in [0.717, 1.165) is 11.3 Å². The van der Waals surface area contributed by atoms with Gasteiger partial charge in [-0.3, -0.25) is 4.79 Å². The Morgan fingerprint density at radius 1 is 1.07 bits per heavy atom. The number of methoxy groups -OCH3 is 1. The van der Waals surface area contributed by atoms with Crippen LogP contribution in [0.15, 0.2) is 60.9 Å². The molecule has 0 N–H and O–H groups in total. The molecule has 0 atom stereocenters. The van der Waals surface area contributed by atoms with Crippen molar-refractivity contribution in [3.8, 4) is 17.1 Å². The van der Waals surface area contributed by atoms with E-state index in [-0.39, 0.29) is 17.6 Å². The normalized spacial score (nSPS) is 11.6. The first-order valence-electron chi connectivity index (χ1n) is 9.83. The van der Waals surface area contributed by atoms with E-state index in [0.29, 0.717) is 22.8 Å². The van der Waals surface area contributed by atoms with Crippen molar-refractivity contribution in [1.82, 2.24) is 19.6 Å². The van der Waals surface area contributed by atoms with E-state index in [9.17, 15) is 4.79 Å². The van der Waals surface area contributed by atoms with Crippen LogP contribution < -0.4 is 4.74 Å². The van der Waals surface area contributed by atoms with Crippen LogP contribution in [0, 0.1) is 0 Å². The maximum Gasteiger partial charge on any atom is 0.212 e. The first-order valence-corrected chi connectivity index (χ1v) is 9.83. The Kier molecular flexibility index (Phi) is 5.08. The summed E-state index contributed by atoms with van der Waals surface area (Å²) in [5.41, 5.74) is 5.02. The summed E-state index contributed by atoms with van der Waals surface area (Å²) in [6.45, 7) is 6.47. The highest BCUT2D eigenvalue weighted by atomic mass is 16.5. The number of pyridine rings is 1. The maximum atomic E-state index is 12.9.